The number of nitrogens with one attached hydrogen (secondary N) is 1. The molecule has 1 aromatic rings. The van der Waals surface area contributed by atoms with Gasteiger partial charge in [-0.15, -0.1) is 0 Å². The van der Waals surface area contributed by atoms with Crippen LogP contribution in [0.3, 0.4) is 0 Å². The van der Waals surface area contributed by atoms with Crippen LogP contribution in [-0.4, -0.2) is 47.4 Å². The van der Waals surface area contributed by atoms with Crippen molar-refractivity contribution in [1.29, 1.82) is 0 Å². The molecule has 0 aliphatic carbocycles. The Bertz CT molecular complexity index is 610. The molecule has 0 aliphatic rings. The van der Waals surface area contributed by atoms with Gasteiger partial charge in [-0.3, -0.25) is 0 Å². The highest BCUT2D eigenvalue weighted by molar-refractivity contribution is 8.13. The number of rotatable bonds is 7. The van der Waals surface area contributed by atoms with E-state index >= 15 is 0 Å². The molecule has 108 valence electrons. The van der Waals surface area contributed by atoms with Crippen LogP contribution in [-0.2, 0) is 18.9 Å². The van der Waals surface area contributed by atoms with Crippen LogP contribution in [0.4, 0.5) is 0 Å². The zero-order valence-corrected chi connectivity index (χ0v) is 12.3. The van der Waals surface area contributed by atoms with Gasteiger partial charge in [-0.25, -0.2) is 16.8 Å². The maximum absolute atomic E-state index is 11.9. The van der Waals surface area contributed by atoms with Gasteiger partial charge in [0, 0.05) is 23.8 Å². The van der Waals surface area contributed by atoms with E-state index in [0.29, 0.717) is 6.54 Å². The first-order valence-corrected chi connectivity index (χ1v) is 9.32. The van der Waals surface area contributed by atoms with Crippen LogP contribution >= 0.6 is 10.7 Å². The second-order valence-electron chi connectivity index (χ2n) is 3.70. The number of aliphatic hydroxyl groups is 1. The summed E-state index contributed by atoms with van der Waals surface area (Å²) >= 11 is 0. The van der Waals surface area contributed by atoms with E-state index in [1.165, 1.54) is 12.1 Å². The van der Waals surface area contributed by atoms with E-state index in [-0.39, 0.29) is 28.7 Å². The standard InChI is InChI=1S/C10H14ClNO5S2/c11-19(16,17)10-3-1-9(2-4-10)18(14,15)8-6-12-5-7-13/h1-4,12-13H,5-8H2. The lowest BCUT2D eigenvalue weighted by Crippen LogP contribution is -2.25. The lowest BCUT2D eigenvalue weighted by Gasteiger charge is -2.06. The van der Waals surface area contributed by atoms with Gasteiger partial charge >= 0.3 is 0 Å². The summed E-state index contributed by atoms with van der Waals surface area (Å²) in [5.74, 6) is -0.139. The summed E-state index contributed by atoms with van der Waals surface area (Å²) in [6, 6.07) is 4.71. The lowest BCUT2D eigenvalue weighted by molar-refractivity contribution is 0.293. The molecule has 6 nitrogen and oxygen atoms in total. The second kappa shape index (κ2) is 6.67. The fraction of sp³-hybridized carbons (Fsp3) is 0.400. The van der Waals surface area contributed by atoms with Crippen LogP contribution in [0.5, 0.6) is 0 Å². The van der Waals surface area contributed by atoms with E-state index in [4.69, 9.17) is 15.8 Å². The maximum Gasteiger partial charge on any atom is 0.261 e. The molecule has 0 saturated carbocycles. The van der Waals surface area contributed by atoms with Gasteiger partial charge in [0.1, 0.15) is 0 Å². The topological polar surface area (TPSA) is 101 Å². The highest BCUT2D eigenvalue weighted by atomic mass is 35.7. The molecule has 1 rings (SSSR count). The van der Waals surface area contributed by atoms with E-state index < -0.39 is 18.9 Å². The maximum atomic E-state index is 11.9. The summed E-state index contributed by atoms with van der Waals surface area (Å²) in [5.41, 5.74) is 0. The fourth-order valence-corrected chi connectivity index (χ4v) is 3.31. The molecule has 0 saturated heterocycles. The average Bonchev–Trinajstić information content (AvgIpc) is 2.34. The van der Waals surface area contributed by atoms with E-state index in [1.807, 2.05) is 0 Å². The van der Waals surface area contributed by atoms with Gasteiger partial charge in [0.2, 0.25) is 0 Å². The normalized spacial score (nSPS) is 12.5. The van der Waals surface area contributed by atoms with E-state index in [1.54, 1.807) is 0 Å². The Balaban J connectivity index is 2.80. The molecule has 0 spiro atoms. The van der Waals surface area contributed by atoms with Crippen molar-refractivity contribution in [2.24, 2.45) is 0 Å². The first kappa shape index (κ1) is 16.4. The number of hydrogen-bond acceptors (Lipinski definition) is 6. The summed E-state index contributed by atoms with van der Waals surface area (Å²) in [4.78, 5) is -0.117. The van der Waals surface area contributed by atoms with Crippen LogP contribution in [0.15, 0.2) is 34.1 Å². The van der Waals surface area contributed by atoms with E-state index in [9.17, 15) is 16.8 Å². The van der Waals surface area contributed by atoms with E-state index in [0.717, 1.165) is 12.1 Å². The molecule has 0 amide bonds. The molecular formula is C10H14ClNO5S2. The molecule has 1 aromatic carbocycles. The first-order valence-electron chi connectivity index (χ1n) is 5.36. The number of sulfone groups is 1. The smallest absolute Gasteiger partial charge is 0.261 e. The Kier molecular flexibility index (Phi) is 5.75. The Hall–Kier alpha value is -0.670. The molecule has 19 heavy (non-hydrogen) atoms. The number of benzene rings is 1. The molecule has 0 heterocycles. The predicted octanol–water partition coefficient (Wildman–Crippen LogP) is -0.0303. The van der Waals surface area contributed by atoms with Gasteiger partial charge in [0.25, 0.3) is 9.05 Å². The molecule has 0 unspecified atom stereocenters. The average molecular weight is 328 g/mol. The predicted molar refractivity (Wildman–Crippen MR) is 71.5 cm³/mol. The highest BCUT2D eigenvalue weighted by Crippen LogP contribution is 2.18. The molecule has 2 N–H and O–H groups in total. The summed E-state index contributed by atoms with van der Waals surface area (Å²) in [7, 11) is -2.20. The first-order chi connectivity index (χ1) is 8.77. The summed E-state index contributed by atoms with van der Waals surface area (Å²) in [6.07, 6.45) is 0. The third-order valence-corrected chi connectivity index (χ3v) is 5.40. The van der Waals surface area contributed by atoms with Crippen LogP contribution in [0.25, 0.3) is 0 Å². The largest absolute Gasteiger partial charge is 0.395 e. The monoisotopic (exact) mass is 327 g/mol. The van der Waals surface area contributed by atoms with E-state index in [2.05, 4.69) is 5.32 Å². The van der Waals surface area contributed by atoms with Crippen molar-refractivity contribution in [2.45, 2.75) is 9.79 Å². The minimum absolute atomic E-state index is 0.0300. The quantitative estimate of drug-likeness (QED) is 0.539. The lowest BCUT2D eigenvalue weighted by atomic mass is 10.4. The Morgan fingerprint density at radius 3 is 2.00 bits per heavy atom. The number of hydrogen-bond donors (Lipinski definition) is 2. The van der Waals surface area contributed by atoms with Crippen LogP contribution in [0, 0.1) is 0 Å². The molecule has 9 heteroatoms. The van der Waals surface area contributed by atoms with Crippen molar-refractivity contribution in [3.63, 3.8) is 0 Å². The molecule has 0 radical (unpaired) electrons. The van der Waals surface area contributed by atoms with Crippen molar-refractivity contribution in [2.75, 3.05) is 25.4 Å². The van der Waals surface area contributed by atoms with Crippen LogP contribution < -0.4 is 5.32 Å². The molecule has 0 bridgehead atoms. The Labute approximate surface area is 116 Å². The second-order valence-corrected chi connectivity index (χ2v) is 8.38. The van der Waals surface area contributed by atoms with Crippen molar-refractivity contribution in [1.82, 2.24) is 5.32 Å². The number of aliphatic hydroxyl groups excluding tert-OH is 1. The van der Waals surface area contributed by atoms with Crippen LogP contribution in [0.1, 0.15) is 0 Å². The van der Waals surface area contributed by atoms with Crippen molar-refractivity contribution < 1.29 is 21.9 Å². The van der Waals surface area contributed by atoms with Gasteiger partial charge < -0.3 is 10.4 Å². The molecule has 0 aliphatic heterocycles. The van der Waals surface area contributed by atoms with Crippen molar-refractivity contribution in [3.8, 4) is 0 Å². The molecule has 0 aromatic heterocycles. The van der Waals surface area contributed by atoms with Crippen molar-refractivity contribution >= 4 is 29.6 Å². The van der Waals surface area contributed by atoms with Gasteiger partial charge in [0.05, 0.1) is 22.2 Å². The fourth-order valence-electron chi connectivity index (χ4n) is 1.34. The zero-order chi connectivity index (χ0) is 14.5. The highest BCUT2D eigenvalue weighted by Gasteiger charge is 2.16. The third-order valence-electron chi connectivity index (χ3n) is 2.30. The third kappa shape index (κ3) is 5.07. The van der Waals surface area contributed by atoms with Crippen molar-refractivity contribution in [3.05, 3.63) is 24.3 Å². The minimum Gasteiger partial charge on any atom is -0.395 e. The van der Waals surface area contributed by atoms with Gasteiger partial charge in [-0.05, 0) is 24.3 Å². The Morgan fingerprint density at radius 1 is 1.00 bits per heavy atom. The number of halogens is 1. The molecule has 0 fully saturated rings. The van der Waals surface area contributed by atoms with Gasteiger partial charge in [-0.2, -0.15) is 0 Å². The minimum atomic E-state index is -3.85. The summed E-state index contributed by atoms with van der Waals surface area (Å²) < 4.78 is 45.8. The SMILES string of the molecule is O=S(=O)(Cl)c1ccc(S(=O)(=O)CCNCCO)cc1. The summed E-state index contributed by atoms with van der Waals surface area (Å²) in [6.45, 7) is 0.458. The van der Waals surface area contributed by atoms with Gasteiger partial charge in [0.15, 0.2) is 9.84 Å². The van der Waals surface area contributed by atoms with Gasteiger partial charge in [-0.1, -0.05) is 0 Å². The van der Waals surface area contributed by atoms with Crippen LogP contribution in [0.2, 0.25) is 0 Å². The molecular weight excluding hydrogens is 314 g/mol. The Morgan fingerprint density at radius 2 is 1.53 bits per heavy atom. The molecule has 0 atom stereocenters. The zero-order valence-electron chi connectivity index (χ0n) is 9.91. The summed E-state index contributed by atoms with van der Waals surface area (Å²) in [5, 5.41) is 11.3.